The van der Waals surface area contributed by atoms with E-state index in [9.17, 15) is 9.90 Å². The second-order valence-electron chi connectivity index (χ2n) is 11.9. The van der Waals surface area contributed by atoms with Crippen molar-refractivity contribution >= 4 is 93.0 Å². The number of Topliss-reactive ketones (excluding diaryl/α,β-unsaturated/α-hetero) is 1. The summed E-state index contributed by atoms with van der Waals surface area (Å²) < 4.78 is 23.8. The van der Waals surface area contributed by atoms with Crippen molar-refractivity contribution in [3.05, 3.63) is 172 Å². The zero-order chi connectivity index (χ0) is 38.3. The van der Waals surface area contributed by atoms with E-state index in [1.54, 1.807) is 87.1 Å². The van der Waals surface area contributed by atoms with E-state index in [1.165, 1.54) is 0 Å². The fourth-order valence-electron chi connectivity index (χ4n) is 5.90. The number of aliphatic hydroxyl groups excluding tert-OH is 1. The molecule has 0 spiro atoms. The number of ether oxygens (including phenoxy) is 3. The summed E-state index contributed by atoms with van der Waals surface area (Å²) in [5, 5.41) is 12.7. The largest absolute Gasteiger partial charge is 0.506 e. The maximum atomic E-state index is 13.8. The van der Waals surface area contributed by atoms with Crippen molar-refractivity contribution in [1.82, 2.24) is 0 Å². The number of methoxy groups -OCH3 is 2. The number of halogens is 6. The molecule has 0 fully saturated rings. The second-order valence-corrected chi connectivity index (χ2v) is 14.3. The Hall–Kier alpha value is -4.66. The van der Waals surface area contributed by atoms with Crippen LogP contribution in [0.15, 0.2) is 130 Å². The van der Waals surface area contributed by atoms with Crippen molar-refractivity contribution in [2.45, 2.75) is 0 Å². The monoisotopic (exact) mass is 835 g/mol. The lowest BCUT2D eigenvalue weighted by molar-refractivity contribution is -0.113. The summed E-state index contributed by atoms with van der Waals surface area (Å²) in [5.74, 6) is 2.14. The van der Waals surface area contributed by atoms with Gasteiger partial charge < -0.3 is 19.3 Å². The van der Waals surface area contributed by atoms with Crippen LogP contribution in [0.2, 0.25) is 30.1 Å². The Balaban J connectivity index is 1.33. The molecule has 7 rings (SSSR count). The first-order chi connectivity index (χ1) is 25.9. The molecular formula is C42H25Cl6O6+. The van der Waals surface area contributed by atoms with Gasteiger partial charge in [0, 0.05) is 5.56 Å². The number of hydrogen-bond acceptors (Lipinski definition) is 5. The third kappa shape index (κ3) is 7.38. The Morgan fingerprint density at radius 1 is 0.648 bits per heavy atom. The first-order valence-electron chi connectivity index (χ1n) is 16.0. The van der Waals surface area contributed by atoms with Crippen molar-refractivity contribution in [2.75, 3.05) is 14.2 Å². The van der Waals surface area contributed by atoms with Crippen LogP contribution in [0, 0.1) is 0 Å². The number of rotatable bonds is 8. The van der Waals surface area contributed by atoms with Crippen molar-refractivity contribution in [1.29, 1.82) is 0 Å². The molecule has 0 amide bonds. The van der Waals surface area contributed by atoms with E-state index in [0.29, 0.717) is 67.9 Å². The molecule has 4 aromatic carbocycles. The van der Waals surface area contributed by atoms with Gasteiger partial charge >= 0.3 is 11.5 Å². The molecular weight excluding hydrogens is 813 g/mol. The summed E-state index contributed by atoms with van der Waals surface area (Å²) in [7, 11) is 3.11. The van der Waals surface area contributed by atoms with E-state index in [2.05, 4.69) is 0 Å². The second kappa shape index (κ2) is 15.6. The first-order valence-corrected chi connectivity index (χ1v) is 18.3. The van der Waals surface area contributed by atoms with Gasteiger partial charge in [0.25, 0.3) is 0 Å². The minimum atomic E-state index is -0.384. The molecule has 270 valence electrons. The first kappa shape index (κ1) is 37.6. The molecule has 54 heavy (non-hydrogen) atoms. The van der Waals surface area contributed by atoms with Crippen LogP contribution in [0.4, 0.5) is 0 Å². The highest BCUT2D eigenvalue weighted by Crippen LogP contribution is 2.42. The molecule has 0 saturated carbocycles. The van der Waals surface area contributed by atoms with Crippen LogP contribution in [-0.2, 0) is 9.53 Å². The smallest absolute Gasteiger partial charge is 0.365 e. The van der Waals surface area contributed by atoms with Crippen LogP contribution >= 0.6 is 69.6 Å². The summed E-state index contributed by atoms with van der Waals surface area (Å²) in [6.07, 6.45) is 6.60. The Morgan fingerprint density at radius 3 is 1.76 bits per heavy atom. The highest BCUT2D eigenvalue weighted by molar-refractivity contribution is 6.49. The topological polar surface area (TPSA) is 76.3 Å². The predicted octanol–water partition coefficient (Wildman–Crippen LogP) is 13.6. The Labute approximate surface area is 340 Å². The highest BCUT2D eigenvalue weighted by Gasteiger charge is 2.34. The van der Waals surface area contributed by atoms with E-state index >= 15 is 0 Å². The van der Waals surface area contributed by atoms with E-state index in [-0.39, 0.29) is 52.8 Å². The highest BCUT2D eigenvalue weighted by atomic mass is 35.5. The summed E-state index contributed by atoms with van der Waals surface area (Å²) in [4.78, 5) is 13.8. The summed E-state index contributed by atoms with van der Waals surface area (Å²) in [6, 6.07) is 24.6. The Bertz CT molecular complexity index is 2500. The molecule has 1 aliphatic heterocycles. The minimum absolute atomic E-state index is 0.0959. The molecule has 1 N–H and O–H groups in total. The number of allylic oxidation sites excluding steroid dienone is 6. The number of hydrogen-bond donors (Lipinski definition) is 1. The van der Waals surface area contributed by atoms with Gasteiger partial charge in [-0.3, -0.25) is 4.79 Å². The minimum Gasteiger partial charge on any atom is -0.506 e. The zero-order valence-electron chi connectivity index (χ0n) is 28.1. The van der Waals surface area contributed by atoms with Gasteiger partial charge in [0.2, 0.25) is 5.78 Å². The Morgan fingerprint density at radius 2 is 1.17 bits per heavy atom. The molecule has 0 atom stereocenters. The molecule has 1 aliphatic carbocycles. The van der Waals surface area contributed by atoms with Crippen LogP contribution in [0.1, 0.15) is 16.7 Å². The van der Waals surface area contributed by atoms with E-state index in [4.69, 9.17) is 88.2 Å². The third-order valence-electron chi connectivity index (χ3n) is 8.53. The SMILES string of the molecule is COc1ccccc1C1=CC(=CC2=C(O)C(=Cc3cc(-c4cc(Cl)c(Cl)c(Cl)c4)[o+]c(-c4ccccc4OC)c3)C2=O)C=C(c2cc(Cl)c(Cl)c(Cl)c2)O1. The van der Waals surface area contributed by atoms with E-state index in [1.807, 2.05) is 36.4 Å². The average Bonchev–Trinajstić information content (AvgIpc) is 3.19. The van der Waals surface area contributed by atoms with Crippen molar-refractivity contribution in [3.8, 4) is 34.1 Å². The standard InChI is InChI=1S/C42H24Cl6O6/c1-51-33-9-5-3-7-25(33)37-15-21(13-35(53-37)23-17-29(43)39(47)30(44)18-23)11-27-41(49)28(42(27)50)12-22-14-36(24-19-31(45)40(48)32(46)20-24)54-38(16-22)26-8-4-6-10-34(26)52-2/h3-20H,1-2H3/p+1. The van der Waals surface area contributed by atoms with Crippen LogP contribution in [-0.4, -0.2) is 25.1 Å². The lowest BCUT2D eigenvalue weighted by atomic mass is 9.85. The maximum Gasteiger partial charge on any atom is 0.365 e. The van der Waals surface area contributed by atoms with Gasteiger partial charge in [-0.15, -0.1) is 0 Å². The molecule has 2 heterocycles. The van der Waals surface area contributed by atoms with Gasteiger partial charge in [-0.2, -0.15) is 0 Å². The molecule has 0 unspecified atom stereocenters. The summed E-state index contributed by atoms with van der Waals surface area (Å²) in [6.45, 7) is 0. The van der Waals surface area contributed by atoms with Crippen LogP contribution in [0.3, 0.4) is 0 Å². The number of aliphatic hydroxyl groups is 1. The molecule has 2 aliphatic rings. The van der Waals surface area contributed by atoms with Gasteiger partial charge in [0.1, 0.15) is 34.3 Å². The number of carbonyl (C=O) groups excluding carboxylic acids is 1. The molecule has 1 aromatic heterocycles. The molecule has 0 radical (unpaired) electrons. The average molecular weight is 838 g/mol. The number of carbonyl (C=O) groups is 1. The maximum absolute atomic E-state index is 13.8. The Kier molecular flexibility index (Phi) is 10.9. The van der Waals surface area contributed by atoms with Crippen LogP contribution in [0.25, 0.3) is 40.2 Å². The lowest BCUT2D eigenvalue weighted by Gasteiger charge is -2.22. The molecule has 0 bridgehead atoms. The third-order valence-corrected chi connectivity index (χ3v) is 10.9. The molecule has 5 aromatic rings. The van der Waals surface area contributed by atoms with Gasteiger partial charge in [0.05, 0.1) is 78.8 Å². The normalized spacial score (nSPS) is 15.5. The van der Waals surface area contributed by atoms with Crippen molar-refractivity contribution in [2.24, 2.45) is 0 Å². The van der Waals surface area contributed by atoms with E-state index in [0.717, 1.165) is 0 Å². The van der Waals surface area contributed by atoms with Gasteiger partial charge in [0.15, 0.2) is 0 Å². The predicted molar refractivity (Wildman–Crippen MR) is 218 cm³/mol. The van der Waals surface area contributed by atoms with Crippen molar-refractivity contribution in [3.63, 3.8) is 0 Å². The van der Waals surface area contributed by atoms with Crippen LogP contribution < -0.4 is 9.47 Å². The van der Waals surface area contributed by atoms with E-state index < -0.39 is 0 Å². The van der Waals surface area contributed by atoms with Gasteiger partial charge in [-0.25, -0.2) is 4.42 Å². The van der Waals surface area contributed by atoms with Crippen LogP contribution in [0.5, 0.6) is 11.5 Å². The summed E-state index contributed by atoms with van der Waals surface area (Å²) >= 11 is 37.9. The number of ketones is 1. The number of para-hydroxylation sites is 2. The quantitative estimate of drug-likeness (QED) is 0.0953. The molecule has 0 saturated heterocycles. The zero-order valence-corrected chi connectivity index (χ0v) is 32.7. The van der Waals surface area contributed by atoms with Crippen molar-refractivity contribution < 1.29 is 28.5 Å². The number of benzene rings is 4. The molecule has 6 nitrogen and oxygen atoms in total. The lowest BCUT2D eigenvalue weighted by Crippen LogP contribution is -2.21. The summed E-state index contributed by atoms with van der Waals surface area (Å²) in [5.41, 5.74) is 3.67. The van der Waals surface area contributed by atoms with Gasteiger partial charge in [-0.05, 0) is 84.0 Å². The van der Waals surface area contributed by atoms with Gasteiger partial charge in [-0.1, -0.05) is 93.9 Å². The fraction of sp³-hybridized carbons (Fsp3) is 0.0476. The molecule has 12 heteroatoms. The fourth-order valence-corrected chi connectivity index (χ4v) is 7.09.